The zero-order valence-electron chi connectivity index (χ0n) is 29.6. The van der Waals surface area contributed by atoms with Gasteiger partial charge >= 0.3 is 11.4 Å². The molecule has 0 saturated carbocycles. The highest BCUT2D eigenvalue weighted by Gasteiger charge is 2.25. The summed E-state index contributed by atoms with van der Waals surface area (Å²) in [5, 5.41) is 0. The van der Waals surface area contributed by atoms with Crippen LogP contribution in [0.25, 0.3) is 0 Å². The Morgan fingerprint density at radius 3 is 1.63 bits per heavy atom. The van der Waals surface area contributed by atoms with Gasteiger partial charge in [0.05, 0.1) is 5.69 Å². The molecular formula is C39H46N4O6. The fourth-order valence-corrected chi connectivity index (χ4v) is 6.52. The molecule has 2 heterocycles. The number of hydrogen-bond acceptors (Lipinski definition) is 6. The molecule has 0 amide bonds. The lowest BCUT2D eigenvalue weighted by Gasteiger charge is -2.19. The average molecular weight is 667 g/mol. The molecular weight excluding hydrogens is 620 g/mol. The van der Waals surface area contributed by atoms with E-state index in [2.05, 4.69) is 27.1 Å². The van der Waals surface area contributed by atoms with Gasteiger partial charge in [0, 0.05) is 28.8 Å². The van der Waals surface area contributed by atoms with Gasteiger partial charge in [-0.05, 0) is 89.0 Å². The van der Waals surface area contributed by atoms with Crippen molar-refractivity contribution in [2.45, 2.75) is 93.0 Å². The van der Waals surface area contributed by atoms with E-state index in [9.17, 15) is 28.8 Å². The molecule has 2 aromatic carbocycles. The van der Waals surface area contributed by atoms with Gasteiger partial charge in [-0.1, -0.05) is 74.2 Å². The van der Waals surface area contributed by atoms with Crippen LogP contribution < -0.4 is 22.5 Å². The number of allylic oxidation sites excluding steroid dienone is 2. The molecule has 0 saturated heterocycles. The van der Waals surface area contributed by atoms with Crippen LogP contribution in [-0.4, -0.2) is 31.1 Å². The lowest BCUT2D eigenvalue weighted by molar-refractivity contribution is 0.102. The first-order valence-electron chi connectivity index (χ1n) is 16.7. The number of nitrogens with one attached hydrogen (secondary N) is 3. The summed E-state index contributed by atoms with van der Waals surface area (Å²) in [6.07, 6.45) is 7.09. The first kappa shape index (κ1) is 36.7. The number of H-pyrrole nitrogens is 3. The maximum Gasteiger partial charge on any atom is 0.328 e. The summed E-state index contributed by atoms with van der Waals surface area (Å²) in [4.78, 5) is 81.8. The number of benzene rings is 2. The van der Waals surface area contributed by atoms with Crippen LogP contribution in [-0.2, 0) is 6.54 Å². The number of carbonyl (C=O) groups excluding carboxylic acids is 2. The lowest BCUT2D eigenvalue weighted by Crippen LogP contribution is -2.38. The molecule has 10 nitrogen and oxygen atoms in total. The number of carbonyl (C=O) groups is 2. The summed E-state index contributed by atoms with van der Waals surface area (Å²) >= 11 is 0. The average Bonchev–Trinajstić information content (AvgIpc) is 3.52. The van der Waals surface area contributed by atoms with Gasteiger partial charge in [0.25, 0.3) is 11.1 Å². The minimum atomic E-state index is -0.669. The van der Waals surface area contributed by atoms with Crippen LogP contribution in [0.4, 0.5) is 0 Å². The molecule has 3 N–H and O–H groups in total. The highest BCUT2D eigenvalue weighted by atomic mass is 16.2. The number of ketones is 2. The van der Waals surface area contributed by atoms with Crippen molar-refractivity contribution in [3.63, 3.8) is 0 Å². The number of rotatable bonds is 9. The fourth-order valence-electron chi connectivity index (χ4n) is 6.52. The molecule has 258 valence electrons. The molecule has 1 aliphatic carbocycles. The molecule has 0 spiro atoms. The van der Waals surface area contributed by atoms with E-state index < -0.39 is 22.5 Å². The molecule has 10 heteroatoms. The molecule has 0 fully saturated rings. The maximum absolute atomic E-state index is 13.5. The molecule has 49 heavy (non-hydrogen) atoms. The topological polar surface area (TPSA) is 155 Å². The minimum absolute atomic E-state index is 0.0729. The summed E-state index contributed by atoms with van der Waals surface area (Å²) in [5.74, 6) is -0.466. The Labute approximate surface area is 285 Å². The smallest absolute Gasteiger partial charge is 0.304 e. The highest BCUT2D eigenvalue weighted by Crippen LogP contribution is 2.24. The maximum atomic E-state index is 13.5. The number of hydrogen-bond donors (Lipinski definition) is 3. The Morgan fingerprint density at radius 1 is 0.673 bits per heavy atom. The summed E-state index contributed by atoms with van der Waals surface area (Å²) in [7, 11) is 0. The Hall–Kier alpha value is -5.12. The van der Waals surface area contributed by atoms with E-state index >= 15 is 0 Å². The molecule has 0 unspecified atom stereocenters. The third-order valence-electron chi connectivity index (χ3n) is 8.65. The Balaban J connectivity index is 0.000000230. The van der Waals surface area contributed by atoms with Gasteiger partial charge in [-0.2, -0.15) is 0 Å². The van der Waals surface area contributed by atoms with Gasteiger partial charge in [0.15, 0.2) is 0 Å². The molecule has 5 rings (SSSR count). The molecule has 0 bridgehead atoms. The molecule has 2 aromatic heterocycles. The van der Waals surface area contributed by atoms with E-state index in [0.29, 0.717) is 34.7 Å². The third-order valence-corrected chi connectivity index (χ3v) is 8.65. The van der Waals surface area contributed by atoms with Gasteiger partial charge in [-0.25, -0.2) is 9.59 Å². The van der Waals surface area contributed by atoms with Gasteiger partial charge in [-0.15, -0.1) is 0 Å². The van der Waals surface area contributed by atoms with Crippen molar-refractivity contribution in [2.24, 2.45) is 5.92 Å². The van der Waals surface area contributed by atoms with E-state index in [0.717, 1.165) is 41.5 Å². The normalized spacial score (nSPS) is 12.8. The Bertz CT molecular complexity index is 2110. The summed E-state index contributed by atoms with van der Waals surface area (Å²) in [6.45, 7) is 15.4. The number of nitrogens with zero attached hydrogens (tertiary/aromatic N) is 1. The van der Waals surface area contributed by atoms with Crippen LogP contribution >= 0.6 is 0 Å². The van der Waals surface area contributed by atoms with Crippen LogP contribution in [0.2, 0.25) is 0 Å². The second-order valence-corrected chi connectivity index (χ2v) is 13.7. The fraction of sp³-hybridized carbons (Fsp3) is 0.385. The van der Waals surface area contributed by atoms with Gasteiger partial charge in [0.2, 0.25) is 11.6 Å². The van der Waals surface area contributed by atoms with Crippen LogP contribution in [0, 0.1) is 33.6 Å². The third kappa shape index (κ3) is 8.68. The standard InChI is InChI=1S/C23H28N2O3.C16H18N2O3/c1-14(2)19-20(21(26)18-12-15(3)11-16(4)13-18)25(23(28)24-22(19)27)10-9-17-7-5-6-8-17;1-8(2)12-13(17-16(21)18-15(12)20)14(19)11-6-9(3)5-10(4)7-11/h5-6,11-14,17H,7-10H2,1-4H3,(H,24,27,28);5-8H,1-4H3,(H2,17,18,20,21). The number of aryl methyl sites for hydroxylation is 4. The quantitative estimate of drug-likeness (QED) is 0.149. The first-order valence-corrected chi connectivity index (χ1v) is 16.7. The van der Waals surface area contributed by atoms with E-state index in [-0.39, 0.29) is 34.8 Å². The van der Waals surface area contributed by atoms with E-state index in [1.165, 1.54) is 4.57 Å². The second kappa shape index (κ2) is 15.4. The summed E-state index contributed by atoms with van der Waals surface area (Å²) in [5.41, 5.74) is 3.69. The van der Waals surface area contributed by atoms with Crippen molar-refractivity contribution in [3.05, 3.63) is 146 Å². The number of aromatic amines is 3. The van der Waals surface area contributed by atoms with Crippen molar-refractivity contribution >= 4 is 11.6 Å². The highest BCUT2D eigenvalue weighted by molar-refractivity contribution is 6.09. The van der Waals surface area contributed by atoms with Crippen LogP contribution in [0.15, 0.2) is 67.7 Å². The summed E-state index contributed by atoms with van der Waals surface area (Å²) < 4.78 is 1.48. The van der Waals surface area contributed by atoms with Crippen molar-refractivity contribution in [3.8, 4) is 0 Å². The first-order chi connectivity index (χ1) is 23.1. The lowest BCUT2D eigenvalue weighted by atomic mass is 9.95. The molecule has 0 radical (unpaired) electrons. The predicted molar refractivity (Wildman–Crippen MR) is 192 cm³/mol. The van der Waals surface area contributed by atoms with Crippen LogP contribution in [0.3, 0.4) is 0 Å². The monoisotopic (exact) mass is 666 g/mol. The van der Waals surface area contributed by atoms with Gasteiger partial charge in [0.1, 0.15) is 5.69 Å². The molecule has 0 aliphatic heterocycles. The van der Waals surface area contributed by atoms with Crippen molar-refractivity contribution < 1.29 is 9.59 Å². The van der Waals surface area contributed by atoms with Gasteiger partial charge in [-0.3, -0.25) is 33.7 Å². The minimum Gasteiger partial charge on any atom is -0.304 e. The Kier molecular flexibility index (Phi) is 11.5. The van der Waals surface area contributed by atoms with Crippen molar-refractivity contribution in [1.29, 1.82) is 0 Å². The number of aromatic nitrogens is 4. The largest absolute Gasteiger partial charge is 0.328 e. The van der Waals surface area contributed by atoms with Gasteiger partial charge < -0.3 is 4.98 Å². The van der Waals surface area contributed by atoms with Crippen LogP contribution in [0.5, 0.6) is 0 Å². The molecule has 1 aliphatic rings. The second-order valence-electron chi connectivity index (χ2n) is 13.7. The predicted octanol–water partition coefficient (Wildman–Crippen LogP) is 5.90. The van der Waals surface area contributed by atoms with E-state index in [4.69, 9.17) is 0 Å². The van der Waals surface area contributed by atoms with E-state index in [1.807, 2.05) is 65.8 Å². The molecule has 4 aromatic rings. The Morgan fingerprint density at radius 2 is 1.14 bits per heavy atom. The van der Waals surface area contributed by atoms with E-state index in [1.54, 1.807) is 26.0 Å². The van der Waals surface area contributed by atoms with Crippen molar-refractivity contribution in [1.82, 2.24) is 19.5 Å². The summed E-state index contributed by atoms with van der Waals surface area (Å²) in [6, 6.07) is 11.1. The SMILES string of the molecule is Cc1cc(C)cc(C(=O)c2[nH]c(=O)[nH]c(=O)c2C(C)C)c1.Cc1cc(C)cc(C(=O)c2c(C(C)C)c(=O)[nH]c(=O)n2CCC2CC=CC2)c1. The zero-order chi connectivity index (χ0) is 36.2. The van der Waals surface area contributed by atoms with Crippen molar-refractivity contribution in [2.75, 3.05) is 0 Å². The zero-order valence-corrected chi connectivity index (χ0v) is 29.6. The molecule has 0 atom stereocenters. The van der Waals surface area contributed by atoms with Crippen LogP contribution in [0.1, 0.15) is 124 Å².